The van der Waals surface area contributed by atoms with Crippen molar-refractivity contribution in [2.24, 2.45) is 0 Å². The summed E-state index contributed by atoms with van der Waals surface area (Å²) in [7, 11) is 0. The lowest BCUT2D eigenvalue weighted by Crippen LogP contribution is -2.26. The molecular formula is C31H39N5O4. The highest BCUT2D eigenvalue weighted by atomic mass is 16.6. The lowest BCUT2D eigenvalue weighted by molar-refractivity contribution is -0.160. The number of anilines is 2. The van der Waals surface area contributed by atoms with Gasteiger partial charge >= 0.3 is 5.97 Å². The minimum Gasteiger partial charge on any atom is -0.458 e. The molecular weight excluding hydrogens is 506 g/mol. The summed E-state index contributed by atoms with van der Waals surface area (Å²) in [6.07, 6.45) is 6.00. The third kappa shape index (κ3) is 7.57. The van der Waals surface area contributed by atoms with Crippen LogP contribution in [-0.2, 0) is 14.3 Å². The first-order chi connectivity index (χ1) is 19.1. The molecule has 2 heterocycles. The van der Waals surface area contributed by atoms with Gasteiger partial charge in [0, 0.05) is 30.1 Å². The minimum atomic E-state index is -0.502. The van der Waals surface area contributed by atoms with Gasteiger partial charge in [0.1, 0.15) is 30.6 Å². The second kappa shape index (κ2) is 12.9. The summed E-state index contributed by atoms with van der Waals surface area (Å²) in [4.78, 5) is 18.3. The summed E-state index contributed by atoms with van der Waals surface area (Å²) in [5, 5.41) is 8.39. The van der Waals surface area contributed by atoms with E-state index in [1.807, 2.05) is 34.6 Å². The molecule has 0 aliphatic carbocycles. The summed E-state index contributed by atoms with van der Waals surface area (Å²) in [6.45, 7) is 12.9. The van der Waals surface area contributed by atoms with Crippen molar-refractivity contribution in [2.75, 3.05) is 24.7 Å². The van der Waals surface area contributed by atoms with Crippen LogP contribution in [0.2, 0.25) is 0 Å². The number of hydrogen-bond donors (Lipinski definition) is 0. The molecule has 9 nitrogen and oxygen atoms in total. The SMILES string of the molecule is Cc1ccc(-c2c(C)noc2C)cc1N(CCCCCOCC(=O)OC(C)(C)C)c1ccc(-n2cncn2)cc1. The molecule has 0 radical (unpaired) electrons. The predicted molar refractivity (Wildman–Crippen MR) is 155 cm³/mol. The van der Waals surface area contributed by atoms with Crippen LogP contribution in [0.25, 0.3) is 16.8 Å². The van der Waals surface area contributed by atoms with Crippen LogP contribution in [0.15, 0.2) is 59.6 Å². The molecule has 0 unspecified atom stereocenters. The van der Waals surface area contributed by atoms with Crippen LogP contribution in [0.4, 0.5) is 11.4 Å². The third-order valence-corrected chi connectivity index (χ3v) is 6.48. The van der Waals surface area contributed by atoms with Gasteiger partial charge in [0.15, 0.2) is 0 Å². The molecule has 0 bridgehead atoms. The number of esters is 1. The van der Waals surface area contributed by atoms with Crippen molar-refractivity contribution in [3.63, 3.8) is 0 Å². The van der Waals surface area contributed by atoms with Gasteiger partial charge in [-0.2, -0.15) is 5.10 Å². The first-order valence-corrected chi connectivity index (χ1v) is 13.7. The Balaban J connectivity index is 1.47. The zero-order chi connectivity index (χ0) is 28.7. The second-order valence-electron chi connectivity index (χ2n) is 10.9. The molecule has 2 aromatic carbocycles. The van der Waals surface area contributed by atoms with E-state index in [2.05, 4.69) is 69.5 Å². The monoisotopic (exact) mass is 545 g/mol. The largest absolute Gasteiger partial charge is 0.458 e. The molecule has 0 saturated heterocycles. The number of hydrogen-bond acceptors (Lipinski definition) is 8. The molecule has 9 heteroatoms. The third-order valence-electron chi connectivity index (χ3n) is 6.48. The summed E-state index contributed by atoms with van der Waals surface area (Å²) >= 11 is 0. The number of unbranched alkanes of at least 4 members (excludes halogenated alkanes) is 2. The van der Waals surface area contributed by atoms with E-state index in [1.54, 1.807) is 11.0 Å². The number of carbonyl (C=O) groups is 1. The highest BCUT2D eigenvalue weighted by Gasteiger charge is 2.18. The Hall–Kier alpha value is -3.98. The Labute approximate surface area is 236 Å². The van der Waals surface area contributed by atoms with Crippen molar-refractivity contribution in [1.29, 1.82) is 0 Å². The maximum Gasteiger partial charge on any atom is 0.332 e. The average Bonchev–Trinajstić information content (AvgIpc) is 3.56. The molecule has 0 spiro atoms. The van der Waals surface area contributed by atoms with Gasteiger partial charge in [-0.3, -0.25) is 0 Å². The zero-order valence-corrected chi connectivity index (χ0v) is 24.3. The minimum absolute atomic E-state index is 0.0186. The van der Waals surface area contributed by atoms with Gasteiger partial charge in [0.2, 0.25) is 0 Å². The molecule has 0 aliphatic heterocycles. The highest BCUT2D eigenvalue weighted by Crippen LogP contribution is 2.35. The lowest BCUT2D eigenvalue weighted by Gasteiger charge is -2.28. The van der Waals surface area contributed by atoms with Gasteiger partial charge in [0.05, 0.1) is 11.4 Å². The Kier molecular flexibility index (Phi) is 9.37. The molecule has 0 fully saturated rings. The van der Waals surface area contributed by atoms with E-state index in [-0.39, 0.29) is 12.6 Å². The van der Waals surface area contributed by atoms with Crippen molar-refractivity contribution in [3.05, 3.63) is 72.1 Å². The van der Waals surface area contributed by atoms with E-state index in [1.165, 1.54) is 11.9 Å². The van der Waals surface area contributed by atoms with Gasteiger partial charge in [-0.1, -0.05) is 17.3 Å². The number of aryl methyl sites for hydroxylation is 3. The number of aromatic nitrogens is 4. The first kappa shape index (κ1) is 29.0. The Morgan fingerprint density at radius 1 is 1.02 bits per heavy atom. The lowest BCUT2D eigenvalue weighted by atomic mass is 10.0. The topological polar surface area (TPSA) is 95.5 Å². The second-order valence-corrected chi connectivity index (χ2v) is 10.9. The number of benzene rings is 2. The fourth-order valence-corrected chi connectivity index (χ4v) is 4.64. The first-order valence-electron chi connectivity index (χ1n) is 13.7. The van der Waals surface area contributed by atoms with Gasteiger partial charge in [-0.05, 0) is 102 Å². The van der Waals surface area contributed by atoms with Crippen molar-refractivity contribution in [3.8, 4) is 16.8 Å². The number of carbonyl (C=O) groups excluding carboxylic acids is 1. The molecule has 0 N–H and O–H groups in total. The van der Waals surface area contributed by atoms with Crippen molar-refractivity contribution in [1.82, 2.24) is 19.9 Å². The van der Waals surface area contributed by atoms with Gasteiger partial charge in [0.25, 0.3) is 0 Å². The van der Waals surface area contributed by atoms with Crippen molar-refractivity contribution in [2.45, 2.75) is 66.4 Å². The molecule has 2 aromatic heterocycles. The standard InChI is InChI=1S/C31H39N5O4/c1-22-10-11-25(30-23(2)34-40-24(30)3)18-28(22)35(26-12-14-27(15-13-26)36-21-32-20-33-36)16-8-7-9-17-38-19-29(37)39-31(4,5)6/h10-15,18,20-21H,7-9,16-17,19H2,1-6H3. The van der Waals surface area contributed by atoms with Gasteiger partial charge < -0.3 is 18.9 Å². The fraction of sp³-hybridized carbons (Fsp3) is 0.419. The Morgan fingerprint density at radius 2 is 1.80 bits per heavy atom. The summed E-state index contributed by atoms with van der Waals surface area (Å²) < 4.78 is 18.0. The highest BCUT2D eigenvalue weighted by molar-refractivity contribution is 5.76. The fourth-order valence-electron chi connectivity index (χ4n) is 4.64. The maximum atomic E-state index is 11.9. The van der Waals surface area contributed by atoms with Crippen LogP contribution < -0.4 is 4.90 Å². The summed E-state index contributed by atoms with van der Waals surface area (Å²) in [5.74, 6) is 0.476. The Bertz CT molecular complexity index is 1370. The summed E-state index contributed by atoms with van der Waals surface area (Å²) in [6, 6.07) is 14.8. The van der Waals surface area contributed by atoms with Crippen molar-refractivity contribution >= 4 is 17.3 Å². The molecule has 212 valence electrons. The predicted octanol–water partition coefficient (Wildman–Crippen LogP) is 6.51. The molecule has 0 aliphatic rings. The maximum absolute atomic E-state index is 11.9. The van der Waals surface area contributed by atoms with Crippen LogP contribution in [-0.4, -0.2) is 51.3 Å². The summed E-state index contributed by atoms with van der Waals surface area (Å²) in [5.41, 5.74) is 6.83. The zero-order valence-electron chi connectivity index (χ0n) is 24.3. The normalized spacial score (nSPS) is 11.6. The molecule has 4 aromatic rings. The van der Waals surface area contributed by atoms with Crippen LogP contribution in [0.3, 0.4) is 0 Å². The Morgan fingerprint density at radius 3 is 2.45 bits per heavy atom. The molecule has 0 atom stereocenters. The van der Waals surface area contributed by atoms with E-state index >= 15 is 0 Å². The number of ether oxygens (including phenoxy) is 2. The molecule has 4 rings (SSSR count). The van der Waals surface area contributed by atoms with E-state index in [9.17, 15) is 4.79 Å². The van der Waals surface area contributed by atoms with Crippen LogP contribution in [0.1, 0.15) is 57.1 Å². The smallest absolute Gasteiger partial charge is 0.332 e. The van der Waals surface area contributed by atoms with E-state index < -0.39 is 5.60 Å². The average molecular weight is 546 g/mol. The number of nitrogens with zero attached hydrogens (tertiary/aromatic N) is 5. The van der Waals surface area contributed by atoms with Crippen molar-refractivity contribution < 1.29 is 18.8 Å². The number of rotatable bonds is 12. The van der Waals surface area contributed by atoms with E-state index in [0.29, 0.717) is 6.61 Å². The molecule has 0 saturated carbocycles. The quantitative estimate of drug-likeness (QED) is 0.147. The molecule has 40 heavy (non-hydrogen) atoms. The van der Waals surface area contributed by atoms with Gasteiger partial charge in [-0.25, -0.2) is 14.5 Å². The van der Waals surface area contributed by atoms with Crippen LogP contribution >= 0.6 is 0 Å². The van der Waals surface area contributed by atoms with E-state index in [4.69, 9.17) is 14.0 Å². The van der Waals surface area contributed by atoms with E-state index in [0.717, 1.165) is 65.5 Å². The van der Waals surface area contributed by atoms with Crippen LogP contribution in [0, 0.1) is 20.8 Å². The van der Waals surface area contributed by atoms with Crippen LogP contribution in [0.5, 0.6) is 0 Å². The molecule has 0 amide bonds. The van der Waals surface area contributed by atoms with Gasteiger partial charge in [-0.15, -0.1) is 0 Å².